The molecule has 1 unspecified atom stereocenters. The number of carbonyl (C=O) groups is 2. The average molecular weight is 546 g/mol. The van der Waals surface area contributed by atoms with E-state index in [1.54, 1.807) is 23.1 Å². The molecule has 38 heavy (non-hydrogen) atoms. The third kappa shape index (κ3) is 7.63. The van der Waals surface area contributed by atoms with Crippen molar-refractivity contribution < 1.29 is 27.5 Å². The van der Waals surface area contributed by atoms with Gasteiger partial charge in [-0.05, 0) is 56.9 Å². The summed E-state index contributed by atoms with van der Waals surface area (Å²) in [5, 5.41) is 2.93. The van der Waals surface area contributed by atoms with Gasteiger partial charge in [0.2, 0.25) is 21.8 Å². The normalized spacial score (nSPS) is 13.6. The molecule has 9 nitrogen and oxygen atoms in total. The van der Waals surface area contributed by atoms with Crippen LogP contribution in [0.25, 0.3) is 0 Å². The van der Waals surface area contributed by atoms with Gasteiger partial charge in [0.05, 0.1) is 11.9 Å². The zero-order valence-corrected chi connectivity index (χ0v) is 23.7. The van der Waals surface area contributed by atoms with E-state index >= 15 is 0 Å². The molecular formula is C28H39N3O6S. The third-order valence-corrected chi connectivity index (χ3v) is 7.58. The number of anilines is 1. The smallest absolute Gasteiger partial charge is 0.243 e. The summed E-state index contributed by atoms with van der Waals surface area (Å²) in [4.78, 5) is 28.2. The number of hydrogen-bond acceptors (Lipinski definition) is 6. The molecule has 2 amide bonds. The fourth-order valence-corrected chi connectivity index (χ4v) is 5.42. The quantitative estimate of drug-likeness (QED) is 0.437. The maximum atomic E-state index is 13.6. The topological polar surface area (TPSA) is 105 Å². The first kappa shape index (κ1) is 29.3. The highest BCUT2D eigenvalue weighted by molar-refractivity contribution is 7.92. The second-order valence-electron chi connectivity index (χ2n) is 9.80. The molecule has 1 aliphatic heterocycles. The molecule has 1 heterocycles. The number of fused-ring (bicyclic) bond motifs is 1. The molecule has 0 aliphatic carbocycles. The van der Waals surface area contributed by atoms with E-state index in [2.05, 4.69) is 5.32 Å². The Morgan fingerprint density at radius 2 is 1.74 bits per heavy atom. The highest BCUT2D eigenvalue weighted by Gasteiger charge is 2.29. The van der Waals surface area contributed by atoms with Crippen LogP contribution in [0.15, 0.2) is 42.5 Å². The van der Waals surface area contributed by atoms with Crippen molar-refractivity contribution in [3.63, 3.8) is 0 Å². The Morgan fingerprint density at radius 1 is 1.05 bits per heavy atom. The molecule has 0 aromatic heterocycles. The van der Waals surface area contributed by atoms with Gasteiger partial charge < -0.3 is 19.7 Å². The van der Waals surface area contributed by atoms with Crippen molar-refractivity contribution in [3.05, 3.63) is 53.6 Å². The van der Waals surface area contributed by atoms with Crippen LogP contribution in [0.3, 0.4) is 0 Å². The van der Waals surface area contributed by atoms with Crippen molar-refractivity contribution in [2.45, 2.75) is 65.6 Å². The lowest BCUT2D eigenvalue weighted by Crippen LogP contribution is -2.50. The lowest BCUT2D eigenvalue weighted by molar-refractivity contribution is -0.141. The summed E-state index contributed by atoms with van der Waals surface area (Å²) in [6.07, 6.45) is 1.98. The van der Waals surface area contributed by atoms with Gasteiger partial charge in [0.25, 0.3) is 0 Å². The summed E-state index contributed by atoms with van der Waals surface area (Å²) in [5.74, 6) is 0.665. The Morgan fingerprint density at radius 3 is 2.37 bits per heavy atom. The number of benzene rings is 2. The summed E-state index contributed by atoms with van der Waals surface area (Å²) in [6, 6.07) is 12.1. The Labute approximate surface area is 226 Å². The molecule has 1 N–H and O–H groups in total. The number of nitrogens with one attached hydrogen (secondary N) is 1. The van der Waals surface area contributed by atoms with Gasteiger partial charge in [-0.3, -0.25) is 13.9 Å². The molecule has 0 spiro atoms. The summed E-state index contributed by atoms with van der Waals surface area (Å²) in [6.45, 7) is 8.87. The molecule has 1 atom stereocenters. The van der Waals surface area contributed by atoms with Crippen molar-refractivity contribution in [3.8, 4) is 11.5 Å². The molecule has 2 aromatic carbocycles. The fraction of sp³-hybridized carbons (Fsp3) is 0.500. The number of rotatable bonds is 12. The fourth-order valence-electron chi connectivity index (χ4n) is 4.46. The van der Waals surface area contributed by atoms with Crippen LogP contribution < -0.4 is 19.1 Å². The molecule has 0 fully saturated rings. The maximum Gasteiger partial charge on any atom is 0.243 e. The van der Waals surface area contributed by atoms with E-state index < -0.39 is 16.1 Å². The van der Waals surface area contributed by atoms with Crippen LogP contribution in [0.1, 0.15) is 51.2 Å². The zero-order chi connectivity index (χ0) is 27.9. The molecule has 0 saturated carbocycles. The Bertz CT molecular complexity index is 1230. The van der Waals surface area contributed by atoms with Crippen LogP contribution >= 0.6 is 0 Å². The molecule has 0 radical (unpaired) electrons. The maximum absolute atomic E-state index is 13.6. The minimum Gasteiger partial charge on any atom is -0.486 e. The van der Waals surface area contributed by atoms with Gasteiger partial charge in [-0.15, -0.1) is 0 Å². The second kappa shape index (κ2) is 13.0. The lowest BCUT2D eigenvalue weighted by atomic mass is 10.0. The summed E-state index contributed by atoms with van der Waals surface area (Å²) in [5.41, 5.74) is 2.45. The van der Waals surface area contributed by atoms with Crippen molar-refractivity contribution in [2.75, 3.05) is 30.3 Å². The van der Waals surface area contributed by atoms with E-state index in [0.717, 1.165) is 17.4 Å². The van der Waals surface area contributed by atoms with Gasteiger partial charge in [-0.2, -0.15) is 0 Å². The SMILES string of the molecule is CCC(C(=O)NC(C)C)N(Cc1ccccc1C)C(=O)CCCN(c1ccc2c(c1)OCCO2)S(C)(=O)=O. The molecule has 2 aromatic rings. The van der Waals surface area contributed by atoms with E-state index in [4.69, 9.17) is 9.47 Å². The summed E-state index contributed by atoms with van der Waals surface area (Å²) < 4.78 is 37.7. The van der Waals surface area contributed by atoms with E-state index in [1.165, 1.54) is 4.31 Å². The van der Waals surface area contributed by atoms with Crippen molar-refractivity contribution in [1.82, 2.24) is 10.2 Å². The van der Waals surface area contributed by atoms with Gasteiger partial charge in [-0.25, -0.2) is 8.42 Å². The van der Waals surface area contributed by atoms with Crippen LogP contribution in [0, 0.1) is 6.92 Å². The van der Waals surface area contributed by atoms with E-state index in [-0.39, 0.29) is 37.2 Å². The van der Waals surface area contributed by atoms with Gasteiger partial charge in [-0.1, -0.05) is 31.2 Å². The van der Waals surface area contributed by atoms with Gasteiger partial charge in [0.15, 0.2) is 11.5 Å². The first-order valence-corrected chi connectivity index (χ1v) is 14.9. The number of ether oxygens (including phenoxy) is 2. The first-order chi connectivity index (χ1) is 18.0. The van der Waals surface area contributed by atoms with Crippen LogP contribution in [0.2, 0.25) is 0 Å². The number of carbonyl (C=O) groups excluding carboxylic acids is 2. The predicted molar refractivity (Wildman–Crippen MR) is 148 cm³/mol. The third-order valence-electron chi connectivity index (χ3n) is 6.38. The number of nitrogens with zero attached hydrogens (tertiary/aromatic N) is 2. The highest BCUT2D eigenvalue weighted by Crippen LogP contribution is 2.34. The number of sulfonamides is 1. The number of aryl methyl sites for hydroxylation is 1. The second-order valence-corrected chi connectivity index (χ2v) is 11.7. The molecular weight excluding hydrogens is 506 g/mol. The molecule has 1 aliphatic rings. The molecule has 0 bridgehead atoms. The standard InChI is InChI=1S/C28H39N3O6S/c1-6-24(28(33)29-20(2)3)30(19-22-11-8-7-10-21(22)4)27(32)12-9-15-31(38(5,34)35)23-13-14-25-26(18-23)37-17-16-36-25/h7-8,10-11,13-14,18,20,24H,6,9,12,15-17,19H2,1-5H3,(H,29,33). The molecule has 0 saturated heterocycles. The van der Waals surface area contributed by atoms with Gasteiger partial charge in [0.1, 0.15) is 19.3 Å². The molecule has 208 valence electrons. The number of amides is 2. The monoisotopic (exact) mass is 545 g/mol. The van der Waals surface area contributed by atoms with E-state index in [1.807, 2.05) is 52.0 Å². The van der Waals surface area contributed by atoms with Crippen LogP contribution in [0.5, 0.6) is 11.5 Å². The van der Waals surface area contributed by atoms with Gasteiger partial charge >= 0.3 is 0 Å². The lowest BCUT2D eigenvalue weighted by Gasteiger charge is -2.32. The summed E-state index contributed by atoms with van der Waals surface area (Å²) >= 11 is 0. The predicted octanol–water partition coefficient (Wildman–Crippen LogP) is 3.64. The minimum atomic E-state index is -3.62. The van der Waals surface area contributed by atoms with E-state index in [9.17, 15) is 18.0 Å². The Balaban J connectivity index is 1.78. The van der Waals surface area contributed by atoms with Crippen LogP contribution in [0.4, 0.5) is 5.69 Å². The highest BCUT2D eigenvalue weighted by atomic mass is 32.2. The zero-order valence-electron chi connectivity index (χ0n) is 22.9. The first-order valence-electron chi connectivity index (χ1n) is 13.0. The van der Waals surface area contributed by atoms with Crippen molar-refractivity contribution in [1.29, 1.82) is 0 Å². The minimum absolute atomic E-state index is 0.0544. The molecule has 10 heteroatoms. The van der Waals surface area contributed by atoms with Crippen molar-refractivity contribution >= 4 is 27.5 Å². The molecule has 3 rings (SSSR count). The summed E-state index contributed by atoms with van der Waals surface area (Å²) in [7, 11) is -3.62. The van der Waals surface area contributed by atoms with Crippen LogP contribution in [-0.2, 0) is 26.2 Å². The van der Waals surface area contributed by atoms with Crippen molar-refractivity contribution in [2.24, 2.45) is 0 Å². The average Bonchev–Trinajstić information content (AvgIpc) is 2.86. The van der Waals surface area contributed by atoms with Crippen LogP contribution in [-0.4, -0.2) is 63.2 Å². The van der Waals surface area contributed by atoms with Gasteiger partial charge in [0, 0.05) is 31.6 Å². The Hall–Kier alpha value is -3.27. The van der Waals surface area contributed by atoms with E-state index in [0.29, 0.717) is 43.4 Å². The largest absolute Gasteiger partial charge is 0.486 e. The number of hydrogen-bond donors (Lipinski definition) is 1. The Kier molecular flexibility index (Phi) is 10.0.